The van der Waals surface area contributed by atoms with Crippen LogP contribution >= 0.6 is 11.6 Å². The second-order valence-corrected chi connectivity index (χ2v) is 9.76. The molecule has 0 radical (unpaired) electrons. The smallest absolute Gasteiger partial charge is 0.221 e. The Morgan fingerprint density at radius 1 is 0.771 bits per heavy atom. The SMILES string of the molecule is CC(=O)Nc1ccc(-c2cc(-c3ccc(Cl)c(-c4cccnc4C(C)C)c3)cnc2C(C)C)cc1. The number of pyridine rings is 2. The number of halogens is 1. The van der Waals surface area contributed by atoms with Crippen LogP contribution in [0.15, 0.2) is 73.1 Å². The van der Waals surface area contributed by atoms with Crippen LogP contribution in [0.3, 0.4) is 0 Å². The van der Waals surface area contributed by atoms with Crippen LogP contribution in [0.1, 0.15) is 57.8 Å². The zero-order valence-electron chi connectivity index (χ0n) is 20.8. The highest BCUT2D eigenvalue weighted by Crippen LogP contribution is 2.37. The van der Waals surface area contributed by atoms with Gasteiger partial charge in [0.2, 0.25) is 5.91 Å². The van der Waals surface area contributed by atoms with Crippen molar-refractivity contribution in [1.29, 1.82) is 0 Å². The molecule has 1 N–H and O–H groups in total. The van der Waals surface area contributed by atoms with Gasteiger partial charge in [-0.1, -0.05) is 63.6 Å². The van der Waals surface area contributed by atoms with Gasteiger partial charge in [-0.2, -0.15) is 0 Å². The summed E-state index contributed by atoms with van der Waals surface area (Å²) < 4.78 is 0. The van der Waals surface area contributed by atoms with Crippen LogP contribution in [0.2, 0.25) is 5.02 Å². The van der Waals surface area contributed by atoms with Gasteiger partial charge in [0.05, 0.1) is 11.4 Å². The van der Waals surface area contributed by atoms with Crippen LogP contribution in [0, 0.1) is 0 Å². The van der Waals surface area contributed by atoms with E-state index in [1.165, 1.54) is 6.92 Å². The third-order valence-corrected chi connectivity index (χ3v) is 6.29. The van der Waals surface area contributed by atoms with Gasteiger partial charge >= 0.3 is 0 Å². The summed E-state index contributed by atoms with van der Waals surface area (Å²) in [5, 5.41) is 3.52. The first kappa shape index (κ1) is 24.6. The normalized spacial score (nSPS) is 11.2. The van der Waals surface area contributed by atoms with E-state index in [1.54, 1.807) is 0 Å². The lowest BCUT2D eigenvalue weighted by Crippen LogP contribution is -2.05. The topological polar surface area (TPSA) is 54.9 Å². The Hall–Kier alpha value is -3.50. The van der Waals surface area contributed by atoms with E-state index < -0.39 is 0 Å². The van der Waals surface area contributed by atoms with Crippen molar-refractivity contribution in [1.82, 2.24) is 9.97 Å². The van der Waals surface area contributed by atoms with Crippen molar-refractivity contribution in [3.63, 3.8) is 0 Å². The minimum Gasteiger partial charge on any atom is -0.326 e. The Morgan fingerprint density at radius 3 is 2.06 bits per heavy atom. The number of carbonyl (C=O) groups is 1. The zero-order valence-corrected chi connectivity index (χ0v) is 21.5. The summed E-state index contributed by atoms with van der Waals surface area (Å²) in [4.78, 5) is 20.9. The summed E-state index contributed by atoms with van der Waals surface area (Å²) in [7, 11) is 0. The van der Waals surface area contributed by atoms with Gasteiger partial charge < -0.3 is 5.32 Å². The summed E-state index contributed by atoms with van der Waals surface area (Å²) in [5.74, 6) is 0.459. The lowest BCUT2D eigenvalue weighted by molar-refractivity contribution is -0.114. The fourth-order valence-corrected chi connectivity index (χ4v) is 4.50. The summed E-state index contributed by atoms with van der Waals surface area (Å²) in [6.07, 6.45) is 3.76. The molecule has 4 nitrogen and oxygen atoms in total. The van der Waals surface area contributed by atoms with Gasteiger partial charge in [0.25, 0.3) is 0 Å². The molecule has 5 heteroatoms. The molecule has 1 amide bonds. The maximum absolute atomic E-state index is 11.4. The first-order valence-corrected chi connectivity index (χ1v) is 12.3. The summed E-state index contributed by atoms with van der Waals surface area (Å²) in [6, 6.07) is 20.2. The quantitative estimate of drug-likeness (QED) is 0.300. The maximum Gasteiger partial charge on any atom is 0.221 e. The summed E-state index contributed by atoms with van der Waals surface area (Å²) in [5.41, 5.74) is 9.05. The minimum atomic E-state index is -0.0860. The molecule has 4 rings (SSSR count). The van der Waals surface area contributed by atoms with E-state index in [9.17, 15) is 4.79 Å². The van der Waals surface area contributed by atoms with Gasteiger partial charge in [-0.15, -0.1) is 0 Å². The molecule has 0 fully saturated rings. The Bertz CT molecular complexity index is 1360. The van der Waals surface area contributed by atoms with Crippen LogP contribution in [0.5, 0.6) is 0 Å². The third-order valence-electron chi connectivity index (χ3n) is 5.96. The fraction of sp³-hybridized carbons (Fsp3) is 0.233. The molecule has 4 aromatic rings. The highest BCUT2D eigenvalue weighted by Gasteiger charge is 2.16. The van der Waals surface area contributed by atoms with Crippen molar-refractivity contribution in [2.75, 3.05) is 5.32 Å². The number of carbonyl (C=O) groups excluding carboxylic acids is 1. The van der Waals surface area contributed by atoms with Crippen LogP contribution in [-0.4, -0.2) is 15.9 Å². The number of aromatic nitrogens is 2. The molecule has 0 bridgehead atoms. The molecule has 178 valence electrons. The Labute approximate surface area is 212 Å². The van der Waals surface area contributed by atoms with Crippen LogP contribution < -0.4 is 5.32 Å². The number of rotatable bonds is 6. The van der Waals surface area contributed by atoms with Gasteiger partial charge in [-0.05, 0) is 59.4 Å². The number of anilines is 1. The molecule has 0 saturated carbocycles. The van der Waals surface area contributed by atoms with Gasteiger partial charge in [-0.25, -0.2) is 0 Å². The average molecular weight is 484 g/mol. The van der Waals surface area contributed by atoms with E-state index in [-0.39, 0.29) is 17.7 Å². The minimum absolute atomic E-state index is 0.0860. The van der Waals surface area contributed by atoms with Crippen molar-refractivity contribution in [3.8, 4) is 33.4 Å². The van der Waals surface area contributed by atoms with Gasteiger partial charge in [0.1, 0.15) is 0 Å². The van der Waals surface area contributed by atoms with Crippen molar-refractivity contribution >= 4 is 23.2 Å². The van der Waals surface area contributed by atoms with E-state index in [1.807, 2.05) is 54.9 Å². The number of hydrogen-bond donors (Lipinski definition) is 1. The zero-order chi connectivity index (χ0) is 25.1. The Kier molecular flexibility index (Phi) is 7.32. The molecule has 0 spiro atoms. The molecule has 0 atom stereocenters. The molecule has 2 aromatic heterocycles. The molecule has 35 heavy (non-hydrogen) atoms. The van der Waals surface area contributed by atoms with Crippen molar-refractivity contribution in [2.24, 2.45) is 0 Å². The van der Waals surface area contributed by atoms with Gasteiger partial charge in [-0.3, -0.25) is 14.8 Å². The standard InChI is InChI=1S/C30H30ClN3O/c1-18(2)29-25(7-6-14-32-29)27-15-22(10-13-28(27)31)23-16-26(30(19(3)4)33-17-23)21-8-11-24(12-9-21)34-20(5)35/h6-19H,1-5H3,(H,34,35). The molecule has 0 aliphatic rings. The van der Waals surface area contributed by atoms with Crippen LogP contribution in [0.4, 0.5) is 5.69 Å². The lowest BCUT2D eigenvalue weighted by atomic mass is 9.92. The number of nitrogens with zero attached hydrogens (tertiary/aromatic N) is 2. The van der Waals surface area contributed by atoms with Gasteiger partial charge in [0, 0.05) is 52.3 Å². The average Bonchev–Trinajstić information content (AvgIpc) is 2.84. The number of amides is 1. The predicted molar refractivity (Wildman–Crippen MR) is 146 cm³/mol. The van der Waals surface area contributed by atoms with E-state index in [0.717, 1.165) is 50.5 Å². The molecule has 0 aliphatic heterocycles. The number of hydrogen-bond acceptors (Lipinski definition) is 3. The van der Waals surface area contributed by atoms with Crippen molar-refractivity contribution < 1.29 is 4.79 Å². The summed E-state index contributed by atoms with van der Waals surface area (Å²) >= 11 is 6.67. The van der Waals surface area contributed by atoms with Crippen LogP contribution in [0.25, 0.3) is 33.4 Å². The van der Waals surface area contributed by atoms with E-state index >= 15 is 0 Å². The van der Waals surface area contributed by atoms with E-state index in [2.05, 4.69) is 56.2 Å². The van der Waals surface area contributed by atoms with Crippen molar-refractivity contribution in [2.45, 2.75) is 46.5 Å². The molecule has 0 aliphatic carbocycles. The van der Waals surface area contributed by atoms with E-state index in [4.69, 9.17) is 16.6 Å². The fourth-order valence-electron chi connectivity index (χ4n) is 4.28. The number of benzene rings is 2. The molecule has 2 heterocycles. The Balaban J connectivity index is 1.81. The molecule has 2 aromatic carbocycles. The second-order valence-electron chi connectivity index (χ2n) is 9.36. The van der Waals surface area contributed by atoms with Crippen molar-refractivity contribution in [3.05, 3.63) is 89.5 Å². The maximum atomic E-state index is 11.4. The third kappa shape index (κ3) is 5.44. The second kappa shape index (κ2) is 10.4. The first-order valence-electron chi connectivity index (χ1n) is 11.9. The molecular weight excluding hydrogens is 454 g/mol. The highest BCUT2D eigenvalue weighted by molar-refractivity contribution is 6.33. The summed E-state index contributed by atoms with van der Waals surface area (Å²) in [6.45, 7) is 10.1. The molecular formula is C30H30ClN3O. The molecule has 0 saturated heterocycles. The first-order chi connectivity index (χ1) is 16.7. The lowest BCUT2D eigenvalue weighted by Gasteiger charge is -2.16. The largest absolute Gasteiger partial charge is 0.326 e. The Morgan fingerprint density at radius 2 is 1.40 bits per heavy atom. The van der Waals surface area contributed by atoms with Gasteiger partial charge in [0.15, 0.2) is 0 Å². The van der Waals surface area contributed by atoms with E-state index in [0.29, 0.717) is 5.02 Å². The predicted octanol–water partition coefficient (Wildman–Crippen LogP) is 8.34. The number of nitrogens with one attached hydrogen (secondary N) is 1. The van der Waals surface area contributed by atoms with Crippen LogP contribution in [-0.2, 0) is 4.79 Å². The molecule has 0 unspecified atom stereocenters. The monoisotopic (exact) mass is 483 g/mol. The highest BCUT2D eigenvalue weighted by atomic mass is 35.5.